The summed E-state index contributed by atoms with van der Waals surface area (Å²) < 4.78 is 22.7. The number of aliphatic hydroxyl groups excluding tert-OH is 1. The molecule has 0 aromatic heterocycles. The summed E-state index contributed by atoms with van der Waals surface area (Å²) in [5, 5.41) is 12.5. The van der Waals surface area contributed by atoms with Crippen LogP contribution in [-0.4, -0.2) is 37.8 Å². The van der Waals surface area contributed by atoms with Crippen LogP contribution >= 0.6 is 0 Å². The maximum atomic E-state index is 12.1. The van der Waals surface area contributed by atoms with Crippen molar-refractivity contribution >= 4 is 15.7 Å². The molecule has 2 rings (SSSR count). The highest BCUT2D eigenvalue weighted by Crippen LogP contribution is 2.40. The molecule has 1 saturated carbocycles. The van der Waals surface area contributed by atoms with Crippen LogP contribution in [0.15, 0.2) is 29.2 Å². The molecule has 2 atom stereocenters. The van der Waals surface area contributed by atoms with E-state index in [0.29, 0.717) is 12.0 Å². The largest absolute Gasteiger partial charge is 0.392 e. The standard InChI is InChI=1S/C14H19NO4S/c1-14(2)11(8-12(14)16)15-13(17)9-4-6-10(7-5-9)20(3,18)19/h4-7,11-12,16H,8H2,1-3H3,(H,15,17). The number of carbonyl (C=O) groups excluding carboxylic acids is 1. The van der Waals surface area contributed by atoms with Gasteiger partial charge in [-0.25, -0.2) is 8.42 Å². The van der Waals surface area contributed by atoms with Crippen molar-refractivity contribution in [1.29, 1.82) is 0 Å². The van der Waals surface area contributed by atoms with Crippen LogP contribution < -0.4 is 5.32 Å². The lowest BCUT2D eigenvalue weighted by molar-refractivity contribution is -0.0689. The second-order valence-corrected chi connectivity index (χ2v) is 7.91. The summed E-state index contributed by atoms with van der Waals surface area (Å²) in [6.45, 7) is 3.80. The third kappa shape index (κ3) is 2.71. The van der Waals surface area contributed by atoms with E-state index in [1.807, 2.05) is 13.8 Å². The summed E-state index contributed by atoms with van der Waals surface area (Å²) >= 11 is 0. The Hall–Kier alpha value is -1.40. The first-order valence-corrected chi connectivity index (χ1v) is 8.30. The molecule has 1 fully saturated rings. The van der Waals surface area contributed by atoms with Gasteiger partial charge in [0.1, 0.15) is 0 Å². The van der Waals surface area contributed by atoms with Crippen LogP contribution in [-0.2, 0) is 9.84 Å². The number of carbonyl (C=O) groups is 1. The minimum absolute atomic E-state index is 0.0698. The number of hydrogen-bond acceptors (Lipinski definition) is 4. The Labute approximate surface area is 118 Å². The van der Waals surface area contributed by atoms with E-state index < -0.39 is 15.9 Å². The number of aliphatic hydroxyl groups is 1. The summed E-state index contributed by atoms with van der Waals surface area (Å²) in [6, 6.07) is 5.76. The Morgan fingerprint density at radius 1 is 1.30 bits per heavy atom. The molecule has 1 amide bonds. The predicted octanol–water partition coefficient (Wildman–Crippen LogP) is 0.979. The molecule has 20 heavy (non-hydrogen) atoms. The molecule has 0 saturated heterocycles. The molecule has 1 aliphatic carbocycles. The maximum Gasteiger partial charge on any atom is 0.251 e. The fourth-order valence-corrected chi connectivity index (χ4v) is 2.87. The molecule has 0 spiro atoms. The first-order chi connectivity index (χ1) is 9.12. The van der Waals surface area contributed by atoms with Crippen LogP contribution in [0.4, 0.5) is 0 Å². The number of nitrogens with one attached hydrogen (secondary N) is 1. The van der Waals surface area contributed by atoms with Crippen molar-refractivity contribution in [3.63, 3.8) is 0 Å². The van der Waals surface area contributed by atoms with Gasteiger partial charge in [-0.3, -0.25) is 4.79 Å². The number of sulfone groups is 1. The van der Waals surface area contributed by atoms with Gasteiger partial charge in [-0.2, -0.15) is 0 Å². The topological polar surface area (TPSA) is 83.5 Å². The van der Waals surface area contributed by atoms with Gasteiger partial charge in [0.25, 0.3) is 5.91 Å². The van der Waals surface area contributed by atoms with Gasteiger partial charge in [0, 0.05) is 23.3 Å². The van der Waals surface area contributed by atoms with Gasteiger partial charge >= 0.3 is 0 Å². The Kier molecular flexibility index (Phi) is 3.64. The Morgan fingerprint density at radius 2 is 1.85 bits per heavy atom. The van der Waals surface area contributed by atoms with Crippen LogP contribution in [0.1, 0.15) is 30.6 Å². The predicted molar refractivity (Wildman–Crippen MR) is 75.2 cm³/mol. The lowest BCUT2D eigenvalue weighted by atomic mass is 9.64. The zero-order valence-electron chi connectivity index (χ0n) is 11.8. The minimum atomic E-state index is -3.25. The van der Waals surface area contributed by atoms with Gasteiger partial charge < -0.3 is 10.4 Å². The molecular formula is C14H19NO4S. The highest BCUT2D eigenvalue weighted by molar-refractivity contribution is 7.90. The van der Waals surface area contributed by atoms with Crippen LogP contribution in [0.3, 0.4) is 0 Å². The van der Waals surface area contributed by atoms with E-state index in [1.54, 1.807) is 0 Å². The van der Waals surface area contributed by atoms with Crippen molar-refractivity contribution in [2.45, 2.75) is 37.3 Å². The first-order valence-electron chi connectivity index (χ1n) is 6.41. The highest BCUT2D eigenvalue weighted by Gasteiger charge is 2.47. The lowest BCUT2D eigenvalue weighted by Crippen LogP contribution is -2.61. The fourth-order valence-electron chi connectivity index (χ4n) is 2.24. The van der Waals surface area contributed by atoms with Gasteiger partial charge in [-0.15, -0.1) is 0 Å². The normalized spacial score (nSPS) is 24.8. The van der Waals surface area contributed by atoms with Gasteiger partial charge in [-0.05, 0) is 30.7 Å². The summed E-state index contributed by atoms with van der Waals surface area (Å²) in [6.07, 6.45) is 1.26. The molecule has 2 unspecified atom stereocenters. The molecule has 0 bridgehead atoms. The van der Waals surface area contributed by atoms with Gasteiger partial charge in [0.15, 0.2) is 9.84 Å². The molecule has 5 nitrogen and oxygen atoms in total. The number of hydrogen-bond donors (Lipinski definition) is 2. The fraction of sp³-hybridized carbons (Fsp3) is 0.500. The van der Waals surface area contributed by atoms with Gasteiger partial charge in [-0.1, -0.05) is 13.8 Å². The van der Waals surface area contributed by atoms with Crippen molar-refractivity contribution in [3.05, 3.63) is 29.8 Å². The van der Waals surface area contributed by atoms with Gasteiger partial charge in [0.2, 0.25) is 0 Å². The van der Waals surface area contributed by atoms with Crippen molar-refractivity contribution in [1.82, 2.24) is 5.32 Å². The first kappa shape index (κ1) is 15.0. The smallest absolute Gasteiger partial charge is 0.251 e. The average molecular weight is 297 g/mol. The van der Waals surface area contributed by atoms with E-state index in [4.69, 9.17) is 0 Å². The van der Waals surface area contributed by atoms with E-state index in [-0.39, 0.29) is 22.3 Å². The lowest BCUT2D eigenvalue weighted by Gasteiger charge is -2.49. The summed E-state index contributed by atoms with van der Waals surface area (Å²) in [4.78, 5) is 12.2. The SMILES string of the molecule is CC1(C)C(O)CC1NC(=O)c1ccc(S(C)(=O)=O)cc1. The van der Waals surface area contributed by atoms with E-state index in [0.717, 1.165) is 6.26 Å². The molecule has 0 heterocycles. The quantitative estimate of drug-likeness (QED) is 0.871. The van der Waals surface area contributed by atoms with Crippen LogP contribution in [0.5, 0.6) is 0 Å². The molecule has 1 aromatic carbocycles. The number of benzene rings is 1. The molecule has 2 N–H and O–H groups in total. The Bertz CT molecular complexity index is 619. The Balaban J connectivity index is 2.08. The average Bonchev–Trinajstić information content (AvgIpc) is 2.37. The molecule has 0 radical (unpaired) electrons. The summed E-state index contributed by atoms with van der Waals surface area (Å²) in [5.74, 6) is -0.255. The van der Waals surface area contributed by atoms with Crippen molar-refractivity contribution in [3.8, 4) is 0 Å². The van der Waals surface area contributed by atoms with E-state index >= 15 is 0 Å². The summed E-state index contributed by atoms with van der Waals surface area (Å²) in [5.41, 5.74) is 0.0807. The second-order valence-electron chi connectivity index (χ2n) is 5.90. The van der Waals surface area contributed by atoms with Crippen molar-refractivity contribution in [2.24, 2.45) is 5.41 Å². The van der Waals surface area contributed by atoms with Crippen molar-refractivity contribution in [2.75, 3.05) is 6.26 Å². The Morgan fingerprint density at radius 3 is 2.25 bits per heavy atom. The maximum absolute atomic E-state index is 12.1. The molecular weight excluding hydrogens is 278 g/mol. The molecule has 110 valence electrons. The summed E-state index contributed by atoms with van der Waals surface area (Å²) in [7, 11) is -3.25. The third-order valence-electron chi connectivity index (χ3n) is 4.07. The van der Waals surface area contributed by atoms with Crippen LogP contribution in [0.2, 0.25) is 0 Å². The molecule has 6 heteroatoms. The van der Waals surface area contributed by atoms with E-state index in [2.05, 4.69) is 5.32 Å². The molecule has 1 aliphatic rings. The van der Waals surface area contributed by atoms with Gasteiger partial charge in [0.05, 0.1) is 11.0 Å². The minimum Gasteiger partial charge on any atom is -0.392 e. The third-order valence-corrected chi connectivity index (χ3v) is 5.19. The molecule has 1 aromatic rings. The van der Waals surface area contributed by atoms with Crippen LogP contribution in [0.25, 0.3) is 0 Å². The van der Waals surface area contributed by atoms with Crippen molar-refractivity contribution < 1.29 is 18.3 Å². The second kappa shape index (κ2) is 4.86. The zero-order valence-corrected chi connectivity index (χ0v) is 12.6. The monoisotopic (exact) mass is 297 g/mol. The van der Waals surface area contributed by atoms with E-state index in [1.165, 1.54) is 24.3 Å². The highest BCUT2D eigenvalue weighted by atomic mass is 32.2. The molecule has 0 aliphatic heterocycles. The van der Waals surface area contributed by atoms with Crippen LogP contribution in [0, 0.1) is 5.41 Å². The number of rotatable bonds is 3. The van der Waals surface area contributed by atoms with E-state index in [9.17, 15) is 18.3 Å². The zero-order chi connectivity index (χ0) is 15.1. The number of amides is 1.